The van der Waals surface area contributed by atoms with Gasteiger partial charge in [-0.25, -0.2) is 0 Å². The fraction of sp³-hybridized carbons (Fsp3) is 0.889. The van der Waals surface area contributed by atoms with E-state index in [1.165, 1.54) is 32.4 Å². The third-order valence-electron chi connectivity index (χ3n) is 5.38. The minimum atomic E-state index is 0.264. The predicted octanol–water partition coefficient (Wildman–Crippen LogP) is 1.58. The molecule has 0 radical (unpaired) electrons. The summed E-state index contributed by atoms with van der Waals surface area (Å²) in [5.74, 6) is 1.11. The van der Waals surface area contributed by atoms with Crippen LogP contribution >= 0.6 is 0 Å². The van der Waals surface area contributed by atoms with Crippen molar-refractivity contribution in [3.63, 3.8) is 0 Å². The predicted molar refractivity (Wildman–Crippen MR) is 90.0 cm³/mol. The number of carbonyl (C=O) groups is 2. The lowest BCUT2D eigenvalue weighted by Gasteiger charge is -2.31. The normalized spacial score (nSPS) is 22.0. The van der Waals surface area contributed by atoms with Crippen LogP contribution in [0.2, 0.25) is 0 Å². The molecule has 5 nitrogen and oxygen atoms in total. The smallest absolute Gasteiger partial charge is 0.225 e. The minimum absolute atomic E-state index is 0.264. The molecule has 1 saturated heterocycles. The highest BCUT2D eigenvalue weighted by molar-refractivity contribution is 5.82. The third-order valence-corrected chi connectivity index (χ3v) is 5.38. The van der Waals surface area contributed by atoms with E-state index < -0.39 is 0 Å². The van der Waals surface area contributed by atoms with Gasteiger partial charge in [-0.1, -0.05) is 6.42 Å². The van der Waals surface area contributed by atoms with E-state index in [1.807, 2.05) is 16.8 Å². The van der Waals surface area contributed by atoms with Gasteiger partial charge in [0, 0.05) is 45.1 Å². The molecule has 0 aromatic rings. The Morgan fingerprint density at radius 2 is 1.48 bits per heavy atom. The molecule has 2 saturated carbocycles. The first-order chi connectivity index (χ1) is 11.1. The summed E-state index contributed by atoms with van der Waals surface area (Å²) in [6, 6.07) is 0. The molecular weight excluding hydrogens is 290 g/mol. The van der Waals surface area contributed by atoms with Crippen molar-refractivity contribution < 1.29 is 9.59 Å². The summed E-state index contributed by atoms with van der Waals surface area (Å²) in [7, 11) is 1.88. The van der Waals surface area contributed by atoms with Gasteiger partial charge in [0.1, 0.15) is 0 Å². The van der Waals surface area contributed by atoms with Crippen LogP contribution in [0.3, 0.4) is 0 Å². The summed E-state index contributed by atoms with van der Waals surface area (Å²) >= 11 is 0. The minimum Gasteiger partial charge on any atom is -0.344 e. The number of hydrogen-bond donors (Lipinski definition) is 0. The standard InChI is InChI=1S/C18H31N3O2/c1-19(17(22)15-5-6-15)11-13-21(18(23)16-7-8-16)14-12-20-9-3-2-4-10-20/h15-16H,2-14H2,1H3. The Bertz CT molecular complexity index is 426. The average molecular weight is 321 g/mol. The lowest BCUT2D eigenvalue weighted by Crippen LogP contribution is -2.44. The van der Waals surface area contributed by atoms with Crippen LogP contribution in [0.15, 0.2) is 0 Å². The summed E-state index contributed by atoms with van der Waals surface area (Å²) in [5, 5.41) is 0. The van der Waals surface area contributed by atoms with Crippen LogP contribution in [-0.2, 0) is 9.59 Å². The summed E-state index contributed by atoms with van der Waals surface area (Å²) in [4.78, 5) is 30.9. The Labute approximate surface area is 140 Å². The zero-order chi connectivity index (χ0) is 16.2. The number of likely N-dealkylation sites (N-methyl/N-ethyl adjacent to an activating group) is 1. The molecule has 0 atom stereocenters. The number of likely N-dealkylation sites (tertiary alicyclic amines) is 1. The first kappa shape index (κ1) is 16.7. The first-order valence-corrected chi connectivity index (χ1v) is 9.41. The van der Waals surface area contributed by atoms with E-state index in [-0.39, 0.29) is 17.7 Å². The van der Waals surface area contributed by atoms with Gasteiger partial charge in [-0.3, -0.25) is 9.59 Å². The highest BCUT2D eigenvalue weighted by Gasteiger charge is 2.35. The van der Waals surface area contributed by atoms with Crippen LogP contribution in [0, 0.1) is 11.8 Å². The van der Waals surface area contributed by atoms with E-state index in [9.17, 15) is 9.59 Å². The molecule has 2 aliphatic carbocycles. The molecule has 23 heavy (non-hydrogen) atoms. The molecule has 1 aliphatic heterocycles. The van der Waals surface area contributed by atoms with Crippen LogP contribution in [-0.4, -0.2) is 72.8 Å². The number of piperidine rings is 1. The monoisotopic (exact) mass is 321 g/mol. The Hall–Kier alpha value is -1.10. The maximum Gasteiger partial charge on any atom is 0.225 e. The van der Waals surface area contributed by atoms with E-state index in [1.54, 1.807) is 0 Å². The molecule has 2 amide bonds. The molecule has 0 unspecified atom stereocenters. The van der Waals surface area contributed by atoms with E-state index in [2.05, 4.69) is 4.90 Å². The van der Waals surface area contributed by atoms with Crippen molar-refractivity contribution >= 4 is 11.8 Å². The van der Waals surface area contributed by atoms with Crippen molar-refractivity contribution in [3.8, 4) is 0 Å². The molecule has 3 rings (SSSR count). The van der Waals surface area contributed by atoms with Gasteiger partial charge in [0.25, 0.3) is 0 Å². The fourth-order valence-electron chi connectivity index (χ4n) is 3.39. The van der Waals surface area contributed by atoms with E-state index >= 15 is 0 Å². The molecular formula is C18H31N3O2. The molecule has 1 heterocycles. The molecule has 0 bridgehead atoms. The number of amides is 2. The van der Waals surface area contributed by atoms with Crippen LogP contribution < -0.4 is 0 Å². The van der Waals surface area contributed by atoms with Gasteiger partial charge in [0.2, 0.25) is 11.8 Å². The van der Waals surface area contributed by atoms with Gasteiger partial charge < -0.3 is 14.7 Å². The maximum absolute atomic E-state index is 12.5. The topological polar surface area (TPSA) is 43.9 Å². The van der Waals surface area contributed by atoms with Crippen molar-refractivity contribution in [2.45, 2.75) is 44.9 Å². The van der Waals surface area contributed by atoms with Crippen LogP contribution in [0.4, 0.5) is 0 Å². The van der Waals surface area contributed by atoms with E-state index in [0.29, 0.717) is 19.0 Å². The number of rotatable bonds is 8. The summed E-state index contributed by atoms with van der Waals surface area (Å²) in [6.45, 7) is 5.52. The van der Waals surface area contributed by atoms with Gasteiger partial charge >= 0.3 is 0 Å². The Morgan fingerprint density at radius 1 is 0.870 bits per heavy atom. The van der Waals surface area contributed by atoms with E-state index in [0.717, 1.165) is 38.8 Å². The molecule has 130 valence electrons. The first-order valence-electron chi connectivity index (χ1n) is 9.41. The molecule has 0 aromatic carbocycles. The molecule has 0 aromatic heterocycles. The Morgan fingerprint density at radius 3 is 2.09 bits per heavy atom. The van der Waals surface area contributed by atoms with Crippen molar-refractivity contribution in [1.29, 1.82) is 0 Å². The van der Waals surface area contributed by atoms with E-state index in [4.69, 9.17) is 0 Å². The second-order valence-corrected chi connectivity index (χ2v) is 7.54. The highest BCUT2D eigenvalue weighted by Crippen LogP contribution is 2.32. The van der Waals surface area contributed by atoms with Crippen LogP contribution in [0.1, 0.15) is 44.9 Å². The van der Waals surface area contributed by atoms with Gasteiger partial charge in [-0.2, -0.15) is 0 Å². The highest BCUT2D eigenvalue weighted by atomic mass is 16.2. The van der Waals surface area contributed by atoms with Crippen molar-refractivity contribution in [3.05, 3.63) is 0 Å². The number of hydrogen-bond acceptors (Lipinski definition) is 3. The lowest BCUT2D eigenvalue weighted by atomic mass is 10.1. The van der Waals surface area contributed by atoms with Crippen molar-refractivity contribution in [1.82, 2.24) is 14.7 Å². The molecule has 0 N–H and O–H groups in total. The molecule has 3 aliphatic rings. The molecule has 0 spiro atoms. The maximum atomic E-state index is 12.5. The summed E-state index contributed by atoms with van der Waals surface area (Å²) in [6.07, 6.45) is 8.11. The quantitative estimate of drug-likeness (QED) is 0.682. The Kier molecular flexibility index (Phi) is 5.57. The summed E-state index contributed by atoms with van der Waals surface area (Å²) < 4.78 is 0. The number of carbonyl (C=O) groups excluding carboxylic acids is 2. The van der Waals surface area contributed by atoms with Crippen molar-refractivity contribution in [2.75, 3.05) is 46.3 Å². The van der Waals surface area contributed by atoms with Crippen LogP contribution in [0.5, 0.6) is 0 Å². The van der Waals surface area contributed by atoms with Gasteiger partial charge in [-0.15, -0.1) is 0 Å². The SMILES string of the molecule is CN(CCN(CCN1CCCCC1)C(=O)C1CC1)C(=O)C1CC1. The zero-order valence-electron chi connectivity index (χ0n) is 14.5. The average Bonchev–Trinajstić information content (AvgIpc) is 3.46. The van der Waals surface area contributed by atoms with Gasteiger partial charge in [0.15, 0.2) is 0 Å². The second kappa shape index (κ2) is 7.65. The molecule has 3 fully saturated rings. The van der Waals surface area contributed by atoms with Gasteiger partial charge in [-0.05, 0) is 51.6 Å². The largest absolute Gasteiger partial charge is 0.344 e. The second-order valence-electron chi connectivity index (χ2n) is 7.54. The zero-order valence-corrected chi connectivity index (χ0v) is 14.5. The molecule has 5 heteroatoms. The lowest BCUT2D eigenvalue weighted by molar-refractivity contribution is -0.136. The van der Waals surface area contributed by atoms with Crippen LogP contribution in [0.25, 0.3) is 0 Å². The van der Waals surface area contributed by atoms with Crippen molar-refractivity contribution in [2.24, 2.45) is 11.8 Å². The number of nitrogens with zero attached hydrogens (tertiary/aromatic N) is 3. The third kappa shape index (κ3) is 4.93. The fourth-order valence-corrected chi connectivity index (χ4v) is 3.39. The Balaban J connectivity index is 1.46. The van der Waals surface area contributed by atoms with Gasteiger partial charge in [0.05, 0.1) is 0 Å². The summed E-state index contributed by atoms with van der Waals surface area (Å²) in [5.41, 5.74) is 0.